The maximum Gasteiger partial charge on any atom is 1.00 e. The minimum Gasteiger partial charge on any atom is -0.756 e. The largest absolute Gasteiger partial charge is 1.00 e. The van der Waals surface area contributed by atoms with Crippen molar-refractivity contribution in [2.24, 2.45) is 0 Å². The second-order valence-corrected chi connectivity index (χ2v) is 14.1. The molecule has 0 fully saturated rings. The van der Waals surface area contributed by atoms with Crippen molar-refractivity contribution in [2.75, 3.05) is 26.4 Å². The fourth-order valence-corrected chi connectivity index (χ4v) is 5.87. The number of rotatable bonds is 32. The summed E-state index contributed by atoms with van der Waals surface area (Å²) in [4.78, 5) is 23.0. The van der Waals surface area contributed by atoms with Gasteiger partial charge in [0.15, 0.2) is 0 Å². The quantitative estimate of drug-likeness (QED) is 0.0574. The van der Waals surface area contributed by atoms with E-state index in [9.17, 15) is 18.9 Å². The van der Waals surface area contributed by atoms with Crippen LogP contribution in [0.2, 0.25) is 0 Å². The summed E-state index contributed by atoms with van der Waals surface area (Å²) in [7, 11) is -8.13. The Bertz CT molecular complexity index is 539. The Kier molecular flexibility index (Phi) is 51.2. The third-order valence-corrected chi connectivity index (χ3v) is 8.98. The van der Waals surface area contributed by atoms with E-state index >= 15 is 0 Å². The molecule has 0 aromatic carbocycles. The summed E-state index contributed by atoms with van der Waals surface area (Å²) >= 11 is 0. The smallest absolute Gasteiger partial charge is 0.756 e. The maximum atomic E-state index is 11.5. The average molecular weight is 705 g/mol. The molecule has 44 heavy (non-hydrogen) atoms. The summed E-state index contributed by atoms with van der Waals surface area (Å²) in [5.41, 5.74) is 0. The van der Waals surface area contributed by atoms with Gasteiger partial charge in [0.1, 0.15) is 0 Å². The molecule has 256 valence electrons. The molecule has 0 radical (unpaired) electrons. The van der Waals surface area contributed by atoms with Gasteiger partial charge in [-0.1, -0.05) is 156 Å². The Labute approximate surface area is 338 Å². The standard InChI is InChI=1S/2C16H35O4P.K.Na/c2*1-3-5-7-9-11-13-15-19-21(17,18)20-16-14-12-10-8-6-4-2;;/h2*3-16H2,1-2H3,(H,17,18);;/q;;2*+1/p-2. The van der Waals surface area contributed by atoms with E-state index in [4.69, 9.17) is 18.1 Å². The van der Waals surface area contributed by atoms with Gasteiger partial charge in [-0.2, -0.15) is 0 Å². The summed E-state index contributed by atoms with van der Waals surface area (Å²) in [5.74, 6) is 0. The van der Waals surface area contributed by atoms with E-state index in [0.717, 1.165) is 77.0 Å². The molecule has 0 saturated heterocycles. The van der Waals surface area contributed by atoms with Crippen LogP contribution in [0.5, 0.6) is 0 Å². The molecular formula is C32H68KNaO8P2. The van der Waals surface area contributed by atoms with Crippen molar-refractivity contribution >= 4 is 15.6 Å². The van der Waals surface area contributed by atoms with Gasteiger partial charge in [-0.3, -0.25) is 9.13 Å². The van der Waals surface area contributed by atoms with Gasteiger partial charge < -0.3 is 27.9 Å². The monoisotopic (exact) mass is 704 g/mol. The van der Waals surface area contributed by atoms with Gasteiger partial charge in [-0.05, 0) is 25.7 Å². The molecule has 0 aromatic heterocycles. The second-order valence-electron chi connectivity index (χ2n) is 11.3. The first-order valence-electron chi connectivity index (χ1n) is 17.4. The number of phosphoric acid groups is 2. The van der Waals surface area contributed by atoms with Crippen LogP contribution in [-0.2, 0) is 27.2 Å². The molecule has 0 aliphatic heterocycles. The van der Waals surface area contributed by atoms with Crippen LogP contribution in [0, 0.1) is 0 Å². The van der Waals surface area contributed by atoms with Crippen molar-refractivity contribution in [1.29, 1.82) is 0 Å². The third-order valence-electron chi connectivity index (χ3n) is 6.99. The zero-order chi connectivity index (χ0) is 31.6. The van der Waals surface area contributed by atoms with Gasteiger partial charge in [0.25, 0.3) is 15.6 Å². The van der Waals surface area contributed by atoms with E-state index in [0.29, 0.717) is 0 Å². The molecule has 0 rings (SSSR count). The summed E-state index contributed by atoms with van der Waals surface area (Å²) < 4.78 is 42.4. The molecule has 0 N–H and O–H groups in total. The first-order chi connectivity index (χ1) is 20.2. The van der Waals surface area contributed by atoms with E-state index < -0.39 is 15.6 Å². The van der Waals surface area contributed by atoms with Gasteiger partial charge in [0.2, 0.25) is 0 Å². The minimum absolute atomic E-state index is 0. The predicted octanol–water partition coefficient (Wildman–Crippen LogP) is 4.43. The second kappa shape index (κ2) is 42.0. The molecule has 0 aliphatic carbocycles. The summed E-state index contributed by atoms with van der Waals surface area (Å²) in [6.45, 7) is 9.73. The number of phosphoric ester groups is 2. The van der Waals surface area contributed by atoms with Crippen LogP contribution in [0.1, 0.15) is 182 Å². The van der Waals surface area contributed by atoms with Crippen molar-refractivity contribution in [3.05, 3.63) is 0 Å². The Morgan fingerprint density at radius 2 is 0.523 bits per heavy atom. The fraction of sp³-hybridized carbons (Fsp3) is 1.00. The van der Waals surface area contributed by atoms with Crippen molar-refractivity contribution < 1.29 is 118 Å². The Morgan fingerprint density at radius 1 is 0.364 bits per heavy atom. The van der Waals surface area contributed by atoms with Crippen LogP contribution in [0.15, 0.2) is 0 Å². The third kappa shape index (κ3) is 47.0. The van der Waals surface area contributed by atoms with Crippen molar-refractivity contribution in [2.45, 2.75) is 182 Å². The molecule has 0 saturated carbocycles. The Balaban J connectivity index is -0.000000348. The first-order valence-corrected chi connectivity index (χ1v) is 20.4. The van der Waals surface area contributed by atoms with Gasteiger partial charge in [0, 0.05) is 0 Å². The van der Waals surface area contributed by atoms with Crippen LogP contribution in [0.25, 0.3) is 0 Å². The van der Waals surface area contributed by atoms with Crippen molar-refractivity contribution in [3.8, 4) is 0 Å². The van der Waals surface area contributed by atoms with E-state index in [1.54, 1.807) is 0 Å². The molecule has 8 nitrogen and oxygen atoms in total. The van der Waals surface area contributed by atoms with Crippen LogP contribution in [0.3, 0.4) is 0 Å². The summed E-state index contributed by atoms with van der Waals surface area (Å²) in [6, 6.07) is 0. The van der Waals surface area contributed by atoms with E-state index in [1.165, 1.54) is 77.0 Å². The molecule has 0 aliphatic rings. The van der Waals surface area contributed by atoms with Gasteiger partial charge in [-0.25, -0.2) is 0 Å². The fourth-order valence-electron chi connectivity index (χ4n) is 4.31. The zero-order valence-corrected chi connectivity index (χ0v) is 36.9. The molecule has 0 heterocycles. The normalized spacial score (nSPS) is 11.4. The van der Waals surface area contributed by atoms with Crippen molar-refractivity contribution in [3.63, 3.8) is 0 Å². The van der Waals surface area contributed by atoms with E-state index in [-0.39, 0.29) is 107 Å². The average Bonchev–Trinajstić information content (AvgIpc) is 2.95. The molecule has 0 atom stereocenters. The Hall–Kier alpha value is 2.86. The van der Waals surface area contributed by atoms with Crippen LogP contribution in [-0.4, -0.2) is 26.4 Å². The molecule has 0 spiro atoms. The molecule has 0 unspecified atom stereocenters. The summed E-state index contributed by atoms with van der Waals surface area (Å²) in [6.07, 6.45) is 26.6. The predicted molar refractivity (Wildman–Crippen MR) is 173 cm³/mol. The first kappa shape index (κ1) is 53.6. The van der Waals surface area contributed by atoms with E-state index in [2.05, 4.69) is 27.7 Å². The van der Waals surface area contributed by atoms with E-state index in [1.807, 2.05) is 0 Å². The summed E-state index contributed by atoms with van der Waals surface area (Å²) in [5, 5.41) is 0. The molecular weight excluding hydrogens is 636 g/mol. The van der Waals surface area contributed by atoms with Gasteiger partial charge >= 0.3 is 80.9 Å². The number of hydrogen-bond donors (Lipinski definition) is 0. The van der Waals surface area contributed by atoms with Crippen LogP contribution < -0.4 is 90.7 Å². The Morgan fingerprint density at radius 3 is 0.705 bits per heavy atom. The van der Waals surface area contributed by atoms with Crippen LogP contribution in [0.4, 0.5) is 0 Å². The van der Waals surface area contributed by atoms with Crippen LogP contribution >= 0.6 is 15.6 Å². The molecule has 0 aromatic rings. The van der Waals surface area contributed by atoms with Crippen molar-refractivity contribution in [1.82, 2.24) is 0 Å². The molecule has 0 amide bonds. The molecule has 0 bridgehead atoms. The van der Waals surface area contributed by atoms with Gasteiger partial charge in [-0.15, -0.1) is 0 Å². The maximum absolute atomic E-state index is 11.5. The number of hydrogen-bond acceptors (Lipinski definition) is 8. The minimum atomic E-state index is -4.07. The zero-order valence-electron chi connectivity index (χ0n) is 30.0. The SMILES string of the molecule is CCCCCCCCOP(=O)([O-])OCCCCCCCC.CCCCCCCCOP(=O)([O-])OCCCCCCCC.[K+].[Na+]. The molecule has 12 heteroatoms. The number of unbranched alkanes of at least 4 members (excludes halogenated alkanes) is 20. The van der Waals surface area contributed by atoms with Gasteiger partial charge in [0.05, 0.1) is 26.4 Å². The topological polar surface area (TPSA) is 117 Å².